The fraction of sp³-hybridized carbons (Fsp3) is 0.391. The van der Waals surface area contributed by atoms with Gasteiger partial charge in [-0.25, -0.2) is 0 Å². The third kappa shape index (κ3) is 3.32. The maximum absolute atomic E-state index is 13.7. The molecule has 12 nitrogen and oxygen atoms in total. The summed E-state index contributed by atoms with van der Waals surface area (Å²) in [5.74, 6) is -7.91. The Hall–Kier alpha value is -3.74. The summed E-state index contributed by atoms with van der Waals surface area (Å²) < 4.78 is 0. The Morgan fingerprint density at radius 3 is 2.43 bits per heavy atom. The number of rotatable bonds is 4. The molecule has 0 unspecified atom stereocenters. The summed E-state index contributed by atoms with van der Waals surface area (Å²) in [6, 6.07) is 1.86. The molecule has 0 saturated heterocycles. The van der Waals surface area contributed by atoms with Crippen molar-refractivity contribution in [2.75, 3.05) is 26.0 Å². The number of aliphatic hydroxyl groups is 3. The highest BCUT2D eigenvalue weighted by molar-refractivity contribution is 6.24. The zero-order chi connectivity index (χ0) is 26.0. The van der Waals surface area contributed by atoms with Crippen LogP contribution in [0.15, 0.2) is 29.0 Å². The number of fused-ring (bicyclic) bond motifs is 3. The molecular formula is C23H26N4O8. The van der Waals surface area contributed by atoms with Gasteiger partial charge in [-0.2, -0.15) is 0 Å². The van der Waals surface area contributed by atoms with Crippen LogP contribution >= 0.6 is 0 Å². The van der Waals surface area contributed by atoms with E-state index in [4.69, 9.17) is 11.5 Å². The minimum Gasteiger partial charge on any atom is -0.508 e. The average molecular weight is 486 g/mol. The summed E-state index contributed by atoms with van der Waals surface area (Å²) in [5.41, 5.74) is 7.05. The van der Waals surface area contributed by atoms with Crippen molar-refractivity contribution in [2.24, 2.45) is 23.3 Å². The number of amides is 2. The van der Waals surface area contributed by atoms with Crippen molar-refractivity contribution in [1.29, 1.82) is 0 Å². The van der Waals surface area contributed by atoms with Crippen molar-refractivity contribution in [3.8, 4) is 5.75 Å². The Kier molecular flexibility index (Phi) is 5.70. The number of primary amides is 1. The molecule has 35 heavy (non-hydrogen) atoms. The number of carbonyl (C=O) groups is 4. The number of nitrogens with zero attached hydrogens (tertiary/aromatic N) is 1. The van der Waals surface area contributed by atoms with Crippen LogP contribution in [0.4, 0.5) is 5.69 Å². The highest BCUT2D eigenvalue weighted by Gasteiger charge is 2.64. The van der Waals surface area contributed by atoms with Crippen molar-refractivity contribution in [1.82, 2.24) is 4.90 Å². The molecule has 0 spiro atoms. The molecule has 1 aromatic carbocycles. The maximum atomic E-state index is 13.7. The second-order valence-electron chi connectivity index (χ2n) is 9.21. The first kappa shape index (κ1) is 24.4. The van der Waals surface area contributed by atoms with Crippen molar-refractivity contribution < 1.29 is 39.6 Å². The zero-order valence-corrected chi connectivity index (χ0v) is 19.0. The maximum Gasteiger partial charge on any atom is 0.255 e. The van der Waals surface area contributed by atoms with Gasteiger partial charge in [0.2, 0.25) is 11.7 Å². The SMILES string of the molecule is CN(C)[C@@H]1C(=O)C(C(N)=O)=C(O)[C@@]2(O)C(=O)C3=C(O)c4c(ccc(NC(=O)CN)c4O)C[C@@H]3C[C@@H]12. The van der Waals surface area contributed by atoms with Gasteiger partial charge in [-0.15, -0.1) is 0 Å². The molecule has 0 radical (unpaired) electrons. The van der Waals surface area contributed by atoms with E-state index in [2.05, 4.69) is 5.32 Å². The number of ketones is 2. The minimum absolute atomic E-state index is 0.00180. The average Bonchev–Trinajstić information content (AvgIpc) is 2.77. The zero-order valence-electron chi connectivity index (χ0n) is 19.0. The first-order valence-electron chi connectivity index (χ1n) is 10.9. The van der Waals surface area contributed by atoms with E-state index in [1.54, 1.807) is 6.07 Å². The molecule has 9 N–H and O–H groups in total. The van der Waals surface area contributed by atoms with E-state index in [-0.39, 0.29) is 36.2 Å². The van der Waals surface area contributed by atoms with Crippen molar-refractivity contribution in [3.63, 3.8) is 0 Å². The van der Waals surface area contributed by atoms with E-state index < -0.39 is 69.7 Å². The number of nitrogens with two attached hydrogens (primary N) is 2. The van der Waals surface area contributed by atoms with Crippen LogP contribution in [0.25, 0.3) is 5.76 Å². The summed E-state index contributed by atoms with van der Waals surface area (Å²) >= 11 is 0. The quantitative estimate of drug-likeness (QED) is 0.200. The molecule has 0 aliphatic heterocycles. The van der Waals surface area contributed by atoms with Gasteiger partial charge in [0.1, 0.15) is 22.8 Å². The number of benzene rings is 1. The molecule has 1 aromatic rings. The van der Waals surface area contributed by atoms with E-state index in [9.17, 15) is 39.6 Å². The fourth-order valence-corrected chi connectivity index (χ4v) is 5.52. The Labute approximate surface area is 199 Å². The van der Waals surface area contributed by atoms with Crippen LogP contribution in [-0.2, 0) is 25.6 Å². The van der Waals surface area contributed by atoms with Crippen LogP contribution < -0.4 is 16.8 Å². The lowest BCUT2D eigenvalue weighted by Gasteiger charge is -2.50. The molecule has 3 aliphatic rings. The van der Waals surface area contributed by atoms with E-state index in [0.717, 1.165) is 0 Å². The lowest BCUT2D eigenvalue weighted by Crippen LogP contribution is -2.65. The van der Waals surface area contributed by atoms with Gasteiger partial charge in [0.05, 0.1) is 23.8 Å². The number of hydrogen-bond acceptors (Lipinski definition) is 10. The van der Waals surface area contributed by atoms with Gasteiger partial charge in [-0.1, -0.05) is 6.07 Å². The second-order valence-corrected chi connectivity index (χ2v) is 9.21. The number of aromatic hydroxyl groups is 1. The van der Waals surface area contributed by atoms with Gasteiger partial charge < -0.3 is 37.2 Å². The topological polar surface area (TPSA) is 217 Å². The molecule has 4 rings (SSSR count). The molecule has 4 atom stereocenters. The Morgan fingerprint density at radius 1 is 1.20 bits per heavy atom. The van der Waals surface area contributed by atoms with Crippen molar-refractivity contribution >= 4 is 34.8 Å². The van der Waals surface area contributed by atoms with E-state index in [1.807, 2.05) is 0 Å². The highest BCUT2D eigenvalue weighted by atomic mass is 16.3. The Balaban J connectivity index is 1.92. The predicted octanol–water partition coefficient (Wildman–Crippen LogP) is -1.14. The van der Waals surface area contributed by atoms with E-state index in [1.165, 1.54) is 25.1 Å². The summed E-state index contributed by atoms with van der Waals surface area (Å²) in [4.78, 5) is 51.8. The van der Waals surface area contributed by atoms with Gasteiger partial charge in [0.15, 0.2) is 11.4 Å². The third-order valence-corrected chi connectivity index (χ3v) is 7.05. The standard InChI is InChI=1S/C23H26N4O8/c1-27(2)16-10-6-9-5-8-3-4-11(26-12(28)7-24)17(29)13(8)18(30)14(9)20(32)23(10,35)21(33)15(19(16)31)22(25)34/h3-4,9-10,16,29-30,33,35H,5-7,24H2,1-2H3,(H2,25,34)(H,26,28)/t9-,10+,16+,23+/m1/s1. The van der Waals surface area contributed by atoms with Crippen LogP contribution in [0.3, 0.4) is 0 Å². The van der Waals surface area contributed by atoms with Crippen LogP contribution in [0.5, 0.6) is 5.75 Å². The number of Topliss-reactive ketones (excluding diaryl/α,β-unsaturated/α-hetero) is 2. The third-order valence-electron chi connectivity index (χ3n) is 7.05. The van der Waals surface area contributed by atoms with Gasteiger partial charge in [-0.3, -0.25) is 24.1 Å². The van der Waals surface area contributed by atoms with Crippen LogP contribution in [0, 0.1) is 11.8 Å². The number of phenolic OH excluding ortho intramolecular Hbond substituents is 1. The summed E-state index contributed by atoms with van der Waals surface area (Å²) in [6.07, 6.45) is 0.158. The normalized spacial score (nSPS) is 28.0. The molecule has 0 heterocycles. The van der Waals surface area contributed by atoms with Crippen molar-refractivity contribution in [2.45, 2.75) is 24.5 Å². The molecular weight excluding hydrogens is 460 g/mol. The van der Waals surface area contributed by atoms with Gasteiger partial charge in [0.25, 0.3) is 5.91 Å². The highest BCUT2D eigenvalue weighted by Crippen LogP contribution is 2.53. The summed E-state index contributed by atoms with van der Waals surface area (Å²) in [5, 5.41) is 46.6. The van der Waals surface area contributed by atoms with Crippen molar-refractivity contribution in [3.05, 3.63) is 40.2 Å². The molecule has 186 valence electrons. The molecule has 1 saturated carbocycles. The van der Waals surface area contributed by atoms with Crippen LogP contribution in [0.2, 0.25) is 0 Å². The fourth-order valence-electron chi connectivity index (χ4n) is 5.52. The number of carbonyl (C=O) groups excluding carboxylic acids is 4. The smallest absolute Gasteiger partial charge is 0.255 e. The first-order chi connectivity index (χ1) is 16.4. The van der Waals surface area contributed by atoms with Gasteiger partial charge in [0, 0.05) is 11.5 Å². The van der Waals surface area contributed by atoms with Crippen LogP contribution in [-0.4, -0.2) is 81.0 Å². The number of hydrogen-bond donors (Lipinski definition) is 7. The Morgan fingerprint density at radius 2 is 1.86 bits per heavy atom. The Bertz CT molecular complexity index is 1250. The molecule has 2 amide bonds. The number of anilines is 1. The lowest BCUT2D eigenvalue weighted by atomic mass is 9.57. The predicted molar refractivity (Wildman–Crippen MR) is 122 cm³/mol. The number of likely N-dealkylation sites (N-methyl/N-ethyl adjacent to an activating group) is 1. The first-order valence-corrected chi connectivity index (χ1v) is 10.9. The lowest BCUT2D eigenvalue weighted by molar-refractivity contribution is -0.153. The molecule has 0 bridgehead atoms. The molecule has 3 aliphatic carbocycles. The molecule has 12 heteroatoms. The molecule has 0 aromatic heterocycles. The number of phenols is 1. The van der Waals surface area contributed by atoms with Gasteiger partial charge in [-0.05, 0) is 44.5 Å². The minimum atomic E-state index is -2.70. The second kappa shape index (κ2) is 8.18. The molecule has 1 fully saturated rings. The van der Waals surface area contributed by atoms with Gasteiger partial charge >= 0.3 is 0 Å². The van der Waals surface area contributed by atoms with Crippen LogP contribution in [0.1, 0.15) is 17.5 Å². The number of aliphatic hydroxyl groups excluding tert-OH is 2. The van der Waals surface area contributed by atoms with E-state index in [0.29, 0.717) is 5.56 Å². The monoisotopic (exact) mass is 486 g/mol. The summed E-state index contributed by atoms with van der Waals surface area (Å²) in [6.45, 7) is -0.349. The summed E-state index contributed by atoms with van der Waals surface area (Å²) in [7, 11) is 3.06. The largest absolute Gasteiger partial charge is 0.508 e. The number of nitrogens with one attached hydrogen (secondary N) is 1. The van der Waals surface area contributed by atoms with E-state index >= 15 is 0 Å².